The van der Waals surface area contributed by atoms with Gasteiger partial charge in [0, 0.05) is 11.8 Å². The van der Waals surface area contributed by atoms with Gasteiger partial charge in [-0.1, -0.05) is 0 Å². The van der Waals surface area contributed by atoms with Crippen molar-refractivity contribution in [3.05, 3.63) is 35.0 Å². The molecule has 0 aliphatic carbocycles. The van der Waals surface area contributed by atoms with E-state index >= 15 is 0 Å². The fourth-order valence-corrected chi connectivity index (χ4v) is 2.97. The third kappa shape index (κ3) is 4.17. The first kappa shape index (κ1) is 17.9. The van der Waals surface area contributed by atoms with E-state index in [1.54, 1.807) is 18.2 Å². The summed E-state index contributed by atoms with van der Waals surface area (Å²) in [5.74, 6) is -1.80. The van der Waals surface area contributed by atoms with Gasteiger partial charge >= 0.3 is 12.1 Å². The van der Waals surface area contributed by atoms with Gasteiger partial charge in [0.05, 0.1) is 15.2 Å². The van der Waals surface area contributed by atoms with Crippen LogP contribution >= 0.6 is 11.3 Å². The van der Waals surface area contributed by atoms with Crippen molar-refractivity contribution in [2.45, 2.75) is 13.1 Å². The highest BCUT2D eigenvalue weighted by Crippen LogP contribution is 2.31. The summed E-state index contributed by atoms with van der Waals surface area (Å²) in [5.41, 5.74) is 0.0269. The molecule has 0 aliphatic heterocycles. The normalized spacial score (nSPS) is 11.5. The smallest absolute Gasteiger partial charge is 0.433 e. The zero-order valence-corrected chi connectivity index (χ0v) is 14.1. The third-order valence-electron chi connectivity index (χ3n) is 3.18. The summed E-state index contributed by atoms with van der Waals surface area (Å²) in [7, 11) is 0. The number of hydrogen-bond acceptors (Lipinski definition) is 7. The van der Waals surface area contributed by atoms with Crippen molar-refractivity contribution >= 4 is 45.0 Å². The number of carboxylic acids is 1. The molecule has 26 heavy (non-hydrogen) atoms. The second kappa shape index (κ2) is 6.75. The van der Waals surface area contributed by atoms with Crippen molar-refractivity contribution in [2.24, 2.45) is 0 Å². The first-order valence-corrected chi connectivity index (χ1v) is 8.08. The number of aliphatic carboxylic acids is 1. The number of aryl methyl sites for hydroxylation is 1. The molecule has 0 aliphatic rings. The highest BCUT2D eigenvalue weighted by Gasteiger charge is 2.33. The number of anilines is 3. The number of aromatic nitrogens is 3. The van der Waals surface area contributed by atoms with Crippen molar-refractivity contribution in [3.63, 3.8) is 0 Å². The summed E-state index contributed by atoms with van der Waals surface area (Å²) in [6, 6.07) is 5.94. The molecule has 0 bridgehead atoms. The SMILES string of the molecule is Cc1nc2cc(Nc3cc(C(F)(F)F)nc(NCC(=O)O)n3)ccc2s1. The molecule has 0 amide bonds. The Morgan fingerprint density at radius 1 is 1.23 bits per heavy atom. The predicted octanol–water partition coefficient (Wildman–Crippen LogP) is 3.65. The van der Waals surface area contributed by atoms with E-state index in [2.05, 4.69) is 25.6 Å². The summed E-state index contributed by atoms with van der Waals surface area (Å²) in [5, 5.41) is 14.5. The summed E-state index contributed by atoms with van der Waals surface area (Å²) >= 11 is 1.51. The summed E-state index contributed by atoms with van der Waals surface area (Å²) < 4.78 is 40.0. The molecule has 0 unspecified atom stereocenters. The molecule has 0 radical (unpaired) electrons. The maximum atomic E-state index is 13.0. The monoisotopic (exact) mass is 383 g/mol. The fraction of sp³-hybridized carbons (Fsp3) is 0.200. The maximum absolute atomic E-state index is 13.0. The van der Waals surface area contributed by atoms with Gasteiger partial charge in [-0.15, -0.1) is 11.3 Å². The van der Waals surface area contributed by atoms with E-state index in [9.17, 15) is 18.0 Å². The quantitative estimate of drug-likeness (QED) is 0.618. The molecule has 3 aromatic rings. The molecule has 0 fully saturated rings. The minimum absolute atomic E-state index is 0.119. The van der Waals surface area contributed by atoms with Gasteiger partial charge in [0.2, 0.25) is 5.95 Å². The lowest BCUT2D eigenvalue weighted by Gasteiger charge is -2.12. The van der Waals surface area contributed by atoms with Gasteiger partial charge in [0.15, 0.2) is 5.69 Å². The van der Waals surface area contributed by atoms with Gasteiger partial charge in [-0.05, 0) is 25.1 Å². The number of thiazole rings is 1. The van der Waals surface area contributed by atoms with E-state index in [4.69, 9.17) is 5.11 Å². The minimum Gasteiger partial charge on any atom is -0.480 e. The molecule has 0 saturated carbocycles. The van der Waals surface area contributed by atoms with Gasteiger partial charge in [-0.2, -0.15) is 18.2 Å². The van der Waals surface area contributed by atoms with Crippen LogP contribution in [0.1, 0.15) is 10.7 Å². The molecule has 11 heteroatoms. The highest BCUT2D eigenvalue weighted by molar-refractivity contribution is 7.18. The van der Waals surface area contributed by atoms with Crippen molar-refractivity contribution in [1.82, 2.24) is 15.0 Å². The van der Waals surface area contributed by atoms with Crippen LogP contribution in [0.2, 0.25) is 0 Å². The Bertz CT molecular complexity index is 974. The van der Waals surface area contributed by atoms with Gasteiger partial charge in [-0.3, -0.25) is 4.79 Å². The Hall–Kier alpha value is -2.95. The molecule has 3 N–H and O–H groups in total. The van der Waals surface area contributed by atoms with E-state index < -0.39 is 30.3 Å². The summed E-state index contributed by atoms with van der Waals surface area (Å²) in [6.45, 7) is 1.25. The summed E-state index contributed by atoms with van der Waals surface area (Å²) in [6.07, 6.45) is -4.70. The van der Waals surface area contributed by atoms with Crippen molar-refractivity contribution in [1.29, 1.82) is 0 Å². The van der Waals surface area contributed by atoms with E-state index in [1.165, 1.54) is 11.3 Å². The lowest BCUT2D eigenvalue weighted by atomic mass is 10.3. The van der Waals surface area contributed by atoms with Crippen LogP contribution in [0.15, 0.2) is 24.3 Å². The zero-order chi connectivity index (χ0) is 18.9. The van der Waals surface area contributed by atoms with Crippen LogP contribution in [0.3, 0.4) is 0 Å². The van der Waals surface area contributed by atoms with Gasteiger partial charge in [-0.25, -0.2) is 9.97 Å². The fourth-order valence-electron chi connectivity index (χ4n) is 2.16. The van der Waals surface area contributed by atoms with Crippen LogP contribution in [0, 0.1) is 6.92 Å². The molecule has 0 spiro atoms. The predicted molar refractivity (Wildman–Crippen MR) is 90.8 cm³/mol. The molecule has 2 heterocycles. The Balaban J connectivity index is 1.93. The minimum atomic E-state index is -4.70. The van der Waals surface area contributed by atoms with Crippen LogP contribution < -0.4 is 10.6 Å². The van der Waals surface area contributed by atoms with Gasteiger partial charge < -0.3 is 15.7 Å². The number of alkyl halides is 3. The second-order valence-electron chi connectivity index (χ2n) is 5.25. The summed E-state index contributed by atoms with van der Waals surface area (Å²) in [4.78, 5) is 22.1. The number of fused-ring (bicyclic) bond motifs is 1. The Kier molecular flexibility index (Phi) is 4.64. The second-order valence-corrected chi connectivity index (χ2v) is 6.48. The van der Waals surface area contributed by atoms with Crippen LogP contribution in [0.4, 0.5) is 30.6 Å². The Morgan fingerprint density at radius 3 is 2.69 bits per heavy atom. The van der Waals surface area contributed by atoms with Crippen LogP contribution in [-0.4, -0.2) is 32.6 Å². The number of benzene rings is 1. The standard InChI is InChI=1S/C15H12F3N5O2S/c1-7-20-9-4-8(2-3-10(9)26-7)21-12-5-11(15(16,17)18)22-14(23-12)19-6-13(24)25/h2-5H,6H2,1H3,(H,24,25)(H2,19,21,22,23). The number of nitrogens with zero attached hydrogens (tertiary/aromatic N) is 3. The number of carboxylic acid groups (broad SMARTS) is 1. The highest BCUT2D eigenvalue weighted by atomic mass is 32.1. The average Bonchev–Trinajstić information content (AvgIpc) is 2.91. The van der Waals surface area contributed by atoms with E-state index in [1.807, 2.05) is 6.92 Å². The van der Waals surface area contributed by atoms with E-state index in [-0.39, 0.29) is 5.82 Å². The first-order valence-electron chi connectivity index (χ1n) is 7.27. The van der Waals surface area contributed by atoms with Gasteiger partial charge in [0.25, 0.3) is 0 Å². The van der Waals surface area contributed by atoms with E-state index in [0.717, 1.165) is 15.8 Å². The Morgan fingerprint density at radius 2 is 2.00 bits per heavy atom. The third-order valence-corrected chi connectivity index (χ3v) is 4.13. The number of hydrogen-bond donors (Lipinski definition) is 3. The largest absolute Gasteiger partial charge is 0.480 e. The van der Waals surface area contributed by atoms with Crippen LogP contribution in [-0.2, 0) is 11.0 Å². The van der Waals surface area contributed by atoms with Crippen LogP contribution in [0.5, 0.6) is 0 Å². The molecule has 2 aromatic heterocycles. The van der Waals surface area contributed by atoms with Gasteiger partial charge in [0.1, 0.15) is 12.4 Å². The molecule has 0 atom stereocenters. The molecule has 136 valence electrons. The zero-order valence-electron chi connectivity index (χ0n) is 13.3. The molecular weight excluding hydrogens is 371 g/mol. The lowest BCUT2D eigenvalue weighted by molar-refractivity contribution is -0.141. The maximum Gasteiger partial charge on any atom is 0.433 e. The first-order chi connectivity index (χ1) is 12.2. The number of nitrogens with one attached hydrogen (secondary N) is 2. The molecule has 1 aromatic carbocycles. The lowest BCUT2D eigenvalue weighted by Crippen LogP contribution is -2.17. The molecular formula is C15H12F3N5O2S. The number of carbonyl (C=O) groups is 1. The topological polar surface area (TPSA) is 100 Å². The average molecular weight is 383 g/mol. The molecule has 7 nitrogen and oxygen atoms in total. The van der Waals surface area contributed by atoms with E-state index in [0.29, 0.717) is 11.2 Å². The van der Waals surface area contributed by atoms with Crippen molar-refractivity contribution in [3.8, 4) is 0 Å². The Labute approximate surface area is 148 Å². The number of rotatable bonds is 5. The van der Waals surface area contributed by atoms with Crippen molar-refractivity contribution in [2.75, 3.05) is 17.2 Å². The number of halogens is 3. The molecule has 0 saturated heterocycles. The van der Waals surface area contributed by atoms with Crippen molar-refractivity contribution < 1.29 is 23.1 Å². The van der Waals surface area contributed by atoms with Crippen LogP contribution in [0.25, 0.3) is 10.2 Å². The molecule has 3 rings (SSSR count).